The van der Waals surface area contributed by atoms with Crippen LogP contribution in [0.4, 0.5) is 0 Å². The second-order valence-electron chi connectivity index (χ2n) is 6.83. The van der Waals surface area contributed by atoms with Gasteiger partial charge in [-0.1, -0.05) is 6.92 Å². The summed E-state index contributed by atoms with van der Waals surface area (Å²) in [5.74, 6) is 0.382. The highest BCUT2D eigenvalue weighted by molar-refractivity contribution is 5.82. The van der Waals surface area contributed by atoms with Gasteiger partial charge in [0.25, 0.3) is 0 Å². The van der Waals surface area contributed by atoms with Crippen molar-refractivity contribution in [3.05, 3.63) is 0 Å². The fourth-order valence-electron chi connectivity index (χ4n) is 4.26. The van der Waals surface area contributed by atoms with E-state index in [-0.39, 0.29) is 5.97 Å². The number of ether oxygens (including phenoxy) is 1. The van der Waals surface area contributed by atoms with E-state index < -0.39 is 5.54 Å². The van der Waals surface area contributed by atoms with E-state index >= 15 is 0 Å². The molecule has 3 aliphatic rings. The number of likely N-dealkylation sites (N-methyl/N-ethyl adjacent to an activating group) is 1. The van der Waals surface area contributed by atoms with Crippen molar-refractivity contribution in [3.8, 4) is 0 Å². The third-order valence-electron chi connectivity index (χ3n) is 5.46. The molecule has 2 saturated heterocycles. The van der Waals surface area contributed by atoms with E-state index in [0.29, 0.717) is 12.0 Å². The van der Waals surface area contributed by atoms with Crippen molar-refractivity contribution in [3.63, 3.8) is 0 Å². The second kappa shape index (κ2) is 6.23. The Morgan fingerprint density at radius 1 is 1.29 bits per heavy atom. The van der Waals surface area contributed by atoms with Crippen LogP contribution in [-0.4, -0.2) is 73.7 Å². The number of hydrogen-bond acceptors (Lipinski definition) is 5. The second-order valence-corrected chi connectivity index (χ2v) is 6.83. The first kappa shape index (κ1) is 15.3. The Morgan fingerprint density at radius 2 is 2.10 bits per heavy atom. The molecule has 0 spiro atoms. The third kappa shape index (κ3) is 2.96. The Bertz CT molecular complexity index is 386. The molecule has 2 atom stereocenters. The van der Waals surface area contributed by atoms with Gasteiger partial charge in [-0.05, 0) is 44.7 Å². The zero-order valence-corrected chi connectivity index (χ0v) is 13.4. The van der Waals surface area contributed by atoms with E-state index in [0.717, 1.165) is 45.6 Å². The van der Waals surface area contributed by atoms with E-state index in [2.05, 4.69) is 22.0 Å². The molecule has 2 heterocycles. The van der Waals surface area contributed by atoms with E-state index in [9.17, 15) is 4.79 Å². The van der Waals surface area contributed by atoms with Gasteiger partial charge >= 0.3 is 5.97 Å². The predicted molar refractivity (Wildman–Crippen MR) is 82.2 cm³/mol. The first-order valence-electron chi connectivity index (χ1n) is 8.49. The Labute approximate surface area is 128 Å². The lowest BCUT2D eigenvalue weighted by Gasteiger charge is -2.42. The molecule has 0 aromatic carbocycles. The van der Waals surface area contributed by atoms with Gasteiger partial charge in [-0.15, -0.1) is 0 Å². The van der Waals surface area contributed by atoms with Gasteiger partial charge in [-0.3, -0.25) is 9.80 Å². The summed E-state index contributed by atoms with van der Waals surface area (Å²) in [6.07, 6.45) is 4.93. The molecule has 3 rings (SSSR count). The van der Waals surface area contributed by atoms with Gasteiger partial charge in [0.2, 0.25) is 0 Å². The molecule has 0 bridgehead atoms. The normalized spacial score (nSPS) is 29.9. The molecule has 1 saturated carbocycles. The zero-order chi connectivity index (χ0) is 14.9. The average molecular weight is 295 g/mol. The van der Waals surface area contributed by atoms with Crippen LogP contribution in [0.5, 0.6) is 0 Å². The summed E-state index contributed by atoms with van der Waals surface area (Å²) >= 11 is 0. The zero-order valence-electron chi connectivity index (χ0n) is 13.4. The fourth-order valence-corrected chi connectivity index (χ4v) is 4.26. The Balaban J connectivity index is 1.70. The topological polar surface area (TPSA) is 44.8 Å². The number of nitrogens with one attached hydrogen (secondary N) is 1. The molecule has 0 radical (unpaired) electrons. The minimum atomic E-state index is -0.482. The number of methoxy groups -OCH3 is 1. The Hall–Kier alpha value is -0.650. The van der Waals surface area contributed by atoms with Crippen LogP contribution >= 0.6 is 0 Å². The van der Waals surface area contributed by atoms with Crippen LogP contribution in [0.2, 0.25) is 0 Å². The lowest BCUT2D eigenvalue weighted by molar-refractivity contribution is -0.151. The third-order valence-corrected chi connectivity index (χ3v) is 5.46. The number of fused-ring (bicyclic) bond motifs is 1. The molecule has 21 heavy (non-hydrogen) atoms. The van der Waals surface area contributed by atoms with Gasteiger partial charge < -0.3 is 10.1 Å². The van der Waals surface area contributed by atoms with E-state index in [4.69, 9.17) is 4.74 Å². The lowest BCUT2D eigenvalue weighted by Crippen LogP contribution is -2.63. The molecule has 3 fully saturated rings. The number of rotatable bonds is 6. The molecule has 5 heteroatoms. The van der Waals surface area contributed by atoms with Crippen LogP contribution in [0.15, 0.2) is 0 Å². The van der Waals surface area contributed by atoms with E-state index in [1.807, 2.05) is 0 Å². The summed E-state index contributed by atoms with van der Waals surface area (Å²) in [6, 6.07) is 0.704. The summed E-state index contributed by atoms with van der Waals surface area (Å²) in [5, 5.41) is 3.49. The van der Waals surface area contributed by atoms with Gasteiger partial charge in [0, 0.05) is 32.2 Å². The summed E-state index contributed by atoms with van der Waals surface area (Å²) < 4.78 is 5.16. The maximum absolute atomic E-state index is 12.5. The van der Waals surface area contributed by atoms with Crippen molar-refractivity contribution in [2.45, 2.75) is 44.2 Å². The van der Waals surface area contributed by atoms with Crippen molar-refractivity contribution in [2.24, 2.45) is 5.92 Å². The smallest absolute Gasteiger partial charge is 0.327 e. The minimum Gasteiger partial charge on any atom is -0.468 e. The highest BCUT2D eigenvalue weighted by Crippen LogP contribution is 2.41. The standard InChI is InChI=1S/C16H29N3O2/c1-3-17-16(13-6-7-13,15(20)21-2)12-18-9-10-19-8-4-5-14(19)11-18/h13-14,17H,3-12H2,1-2H3. The van der Waals surface area contributed by atoms with Crippen molar-refractivity contribution >= 4 is 5.97 Å². The maximum atomic E-state index is 12.5. The van der Waals surface area contributed by atoms with Crippen LogP contribution in [-0.2, 0) is 9.53 Å². The Morgan fingerprint density at radius 3 is 2.76 bits per heavy atom. The predicted octanol–water partition coefficient (Wildman–Crippen LogP) is 0.698. The number of carbonyl (C=O) groups excluding carboxylic acids is 1. The van der Waals surface area contributed by atoms with E-state index in [1.54, 1.807) is 0 Å². The van der Waals surface area contributed by atoms with Crippen molar-refractivity contribution in [1.82, 2.24) is 15.1 Å². The maximum Gasteiger partial charge on any atom is 0.327 e. The molecule has 0 aromatic rings. The molecule has 2 aliphatic heterocycles. The van der Waals surface area contributed by atoms with Crippen LogP contribution in [0.1, 0.15) is 32.6 Å². The van der Waals surface area contributed by atoms with E-state index in [1.165, 1.54) is 26.5 Å². The first-order valence-corrected chi connectivity index (χ1v) is 8.49. The number of nitrogens with zero attached hydrogens (tertiary/aromatic N) is 2. The molecule has 0 amide bonds. The molecular weight excluding hydrogens is 266 g/mol. The highest BCUT2D eigenvalue weighted by Gasteiger charge is 2.52. The summed E-state index contributed by atoms with van der Waals surface area (Å²) in [5.41, 5.74) is -0.482. The van der Waals surface area contributed by atoms with Crippen molar-refractivity contribution < 1.29 is 9.53 Å². The quantitative estimate of drug-likeness (QED) is 0.731. The minimum absolute atomic E-state index is 0.0688. The lowest BCUT2D eigenvalue weighted by atomic mass is 9.91. The number of hydrogen-bond donors (Lipinski definition) is 1. The van der Waals surface area contributed by atoms with Gasteiger partial charge in [0.1, 0.15) is 5.54 Å². The van der Waals surface area contributed by atoms with Gasteiger partial charge in [0.05, 0.1) is 7.11 Å². The summed E-state index contributed by atoms with van der Waals surface area (Å²) in [7, 11) is 1.52. The molecule has 5 nitrogen and oxygen atoms in total. The molecular formula is C16H29N3O2. The first-order chi connectivity index (χ1) is 10.2. The summed E-state index contributed by atoms with van der Waals surface area (Å²) in [4.78, 5) is 17.6. The monoisotopic (exact) mass is 295 g/mol. The van der Waals surface area contributed by atoms with Gasteiger partial charge in [0.15, 0.2) is 0 Å². The number of piperazine rings is 1. The molecule has 0 aromatic heterocycles. The molecule has 1 aliphatic carbocycles. The van der Waals surface area contributed by atoms with Crippen LogP contribution in [0.25, 0.3) is 0 Å². The van der Waals surface area contributed by atoms with Crippen LogP contribution < -0.4 is 5.32 Å². The number of carbonyl (C=O) groups is 1. The largest absolute Gasteiger partial charge is 0.468 e. The average Bonchev–Trinajstić information content (AvgIpc) is 3.25. The highest BCUT2D eigenvalue weighted by atomic mass is 16.5. The molecule has 2 unspecified atom stereocenters. The SMILES string of the molecule is CCNC(CN1CCN2CCCC2C1)(C(=O)OC)C1CC1. The molecule has 120 valence electrons. The number of esters is 1. The Kier molecular flexibility index (Phi) is 4.52. The van der Waals surface area contributed by atoms with Gasteiger partial charge in [-0.2, -0.15) is 0 Å². The molecule has 1 N–H and O–H groups in total. The van der Waals surface area contributed by atoms with Crippen molar-refractivity contribution in [1.29, 1.82) is 0 Å². The fraction of sp³-hybridized carbons (Fsp3) is 0.938. The summed E-state index contributed by atoms with van der Waals surface area (Å²) in [6.45, 7) is 8.30. The van der Waals surface area contributed by atoms with Crippen LogP contribution in [0, 0.1) is 5.92 Å². The van der Waals surface area contributed by atoms with Crippen molar-refractivity contribution in [2.75, 3.05) is 46.4 Å². The van der Waals surface area contributed by atoms with Gasteiger partial charge in [-0.25, -0.2) is 4.79 Å². The van der Waals surface area contributed by atoms with Crippen LogP contribution in [0.3, 0.4) is 0 Å².